The topological polar surface area (TPSA) is 84.1 Å². The number of aromatic hydroxyl groups is 2. The Morgan fingerprint density at radius 2 is 1.96 bits per heavy atom. The number of benzene rings is 2. The van der Waals surface area contributed by atoms with E-state index in [-0.39, 0.29) is 22.6 Å². The van der Waals surface area contributed by atoms with Crippen molar-refractivity contribution in [3.05, 3.63) is 58.4 Å². The van der Waals surface area contributed by atoms with Gasteiger partial charge in [-0.2, -0.15) is 0 Å². The Kier molecular flexibility index (Phi) is 4.43. The maximum atomic E-state index is 12.7. The van der Waals surface area contributed by atoms with Crippen LogP contribution in [0, 0.1) is 0 Å². The summed E-state index contributed by atoms with van der Waals surface area (Å²) in [6.07, 6.45) is 1.32. The van der Waals surface area contributed by atoms with E-state index in [1.54, 1.807) is 34.9 Å². The van der Waals surface area contributed by atoms with Crippen molar-refractivity contribution in [1.29, 1.82) is 0 Å². The van der Waals surface area contributed by atoms with Crippen LogP contribution >= 0.6 is 0 Å². The highest BCUT2D eigenvalue weighted by molar-refractivity contribution is 5.95. The lowest BCUT2D eigenvalue weighted by Gasteiger charge is -2.11. The SMILES string of the molecule is CCn1c(=O)c(C=Nc2ccc(OC)c(O)c2)c(O)c2ccccc21. The lowest BCUT2D eigenvalue weighted by molar-refractivity contribution is 0.373. The van der Waals surface area contributed by atoms with Crippen LogP contribution in [0.15, 0.2) is 52.3 Å². The van der Waals surface area contributed by atoms with Crippen LogP contribution in [-0.2, 0) is 6.54 Å². The van der Waals surface area contributed by atoms with Crippen LogP contribution in [0.1, 0.15) is 12.5 Å². The molecule has 0 saturated heterocycles. The standard InChI is InChI=1S/C19H18N2O4/c1-3-21-15-7-5-4-6-13(15)18(23)14(19(21)24)11-20-12-8-9-17(25-2)16(22)10-12/h4-11,22-23H,3H2,1-2H3. The van der Waals surface area contributed by atoms with Gasteiger partial charge in [0.2, 0.25) is 0 Å². The molecule has 25 heavy (non-hydrogen) atoms. The van der Waals surface area contributed by atoms with Gasteiger partial charge >= 0.3 is 0 Å². The molecule has 6 heteroatoms. The van der Waals surface area contributed by atoms with Crippen LogP contribution in [0.3, 0.4) is 0 Å². The molecule has 0 aliphatic heterocycles. The van der Waals surface area contributed by atoms with Gasteiger partial charge in [0.1, 0.15) is 11.3 Å². The summed E-state index contributed by atoms with van der Waals surface area (Å²) in [5.41, 5.74) is 0.899. The van der Waals surface area contributed by atoms with Crippen LogP contribution in [0.2, 0.25) is 0 Å². The highest BCUT2D eigenvalue weighted by Crippen LogP contribution is 2.30. The number of nitrogens with zero attached hydrogens (tertiary/aromatic N) is 2. The number of para-hydroxylation sites is 1. The molecule has 1 aromatic heterocycles. The smallest absolute Gasteiger partial charge is 0.263 e. The lowest BCUT2D eigenvalue weighted by Crippen LogP contribution is -2.23. The maximum Gasteiger partial charge on any atom is 0.263 e. The zero-order valence-electron chi connectivity index (χ0n) is 13.9. The average molecular weight is 338 g/mol. The number of phenolic OH excluding ortho intramolecular Hbond substituents is 1. The molecular formula is C19H18N2O4. The average Bonchev–Trinajstić information content (AvgIpc) is 2.62. The summed E-state index contributed by atoms with van der Waals surface area (Å²) >= 11 is 0. The van der Waals surface area contributed by atoms with Gasteiger partial charge < -0.3 is 19.5 Å². The van der Waals surface area contributed by atoms with Gasteiger partial charge in [0.15, 0.2) is 11.5 Å². The number of phenols is 1. The molecule has 0 aliphatic carbocycles. The highest BCUT2D eigenvalue weighted by atomic mass is 16.5. The second-order valence-electron chi connectivity index (χ2n) is 5.44. The Morgan fingerprint density at radius 1 is 1.20 bits per heavy atom. The van der Waals surface area contributed by atoms with Crippen molar-refractivity contribution in [2.24, 2.45) is 4.99 Å². The third-order valence-electron chi connectivity index (χ3n) is 4.00. The molecule has 2 aromatic carbocycles. The number of pyridine rings is 1. The molecule has 0 atom stereocenters. The molecule has 0 saturated carbocycles. The monoisotopic (exact) mass is 338 g/mol. The second kappa shape index (κ2) is 6.68. The fourth-order valence-corrected chi connectivity index (χ4v) is 2.74. The first-order valence-electron chi connectivity index (χ1n) is 7.82. The molecule has 0 aliphatic rings. The third kappa shape index (κ3) is 2.94. The van der Waals surface area contributed by atoms with Gasteiger partial charge in [-0.25, -0.2) is 0 Å². The van der Waals surface area contributed by atoms with Gasteiger partial charge in [-0.1, -0.05) is 12.1 Å². The van der Waals surface area contributed by atoms with Crippen LogP contribution in [-0.4, -0.2) is 28.1 Å². The Balaban J connectivity index is 2.13. The summed E-state index contributed by atoms with van der Waals surface area (Å²) in [4.78, 5) is 16.9. The molecule has 0 bridgehead atoms. The van der Waals surface area contributed by atoms with Gasteiger partial charge in [0, 0.05) is 24.2 Å². The summed E-state index contributed by atoms with van der Waals surface area (Å²) in [5, 5.41) is 20.9. The highest BCUT2D eigenvalue weighted by Gasteiger charge is 2.13. The van der Waals surface area contributed by atoms with Crippen molar-refractivity contribution in [2.75, 3.05) is 7.11 Å². The number of hydrogen-bond donors (Lipinski definition) is 2. The largest absolute Gasteiger partial charge is 0.506 e. The molecule has 6 nitrogen and oxygen atoms in total. The Bertz CT molecular complexity index is 1020. The Morgan fingerprint density at radius 3 is 2.64 bits per heavy atom. The minimum Gasteiger partial charge on any atom is -0.506 e. The Labute approximate surface area is 144 Å². The number of hydrogen-bond acceptors (Lipinski definition) is 5. The van der Waals surface area contributed by atoms with Gasteiger partial charge in [0.25, 0.3) is 5.56 Å². The summed E-state index contributed by atoms with van der Waals surface area (Å²) in [7, 11) is 1.46. The van der Waals surface area contributed by atoms with Gasteiger partial charge in [-0.3, -0.25) is 9.79 Å². The maximum absolute atomic E-state index is 12.7. The number of aromatic nitrogens is 1. The van der Waals surface area contributed by atoms with Crippen molar-refractivity contribution in [3.8, 4) is 17.2 Å². The second-order valence-corrected chi connectivity index (χ2v) is 5.44. The molecule has 0 radical (unpaired) electrons. The van der Waals surface area contributed by atoms with Crippen LogP contribution in [0.25, 0.3) is 10.9 Å². The van der Waals surface area contributed by atoms with E-state index < -0.39 is 0 Å². The third-order valence-corrected chi connectivity index (χ3v) is 4.00. The zero-order chi connectivity index (χ0) is 18.0. The summed E-state index contributed by atoms with van der Waals surface area (Å²) < 4.78 is 6.57. The summed E-state index contributed by atoms with van der Waals surface area (Å²) in [6.45, 7) is 2.34. The zero-order valence-corrected chi connectivity index (χ0v) is 13.9. The van der Waals surface area contributed by atoms with Crippen LogP contribution < -0.4 is 10.3 Å². The van der Waals surface area contributed by atoms with E-state index in [2.05, 4.69) is 4.99 Å². The minimum absolute atomic E-state index is 0.0501. The summed E-state index contributed by atoms with van der Waals surface area (Å²) in [6, 6.07) is 11.8. The van der Waals surface area contributed by atoms with E-state index in [0.717, 1.165) is 0 Å². The van der Waals surface area contributed by atoms with E-state index in [1.807, 2.05) is 13.0 Å². The van der Waals surface area contributed by atoms with Gasteiger partial charge in [0.05, 0.1) is 18.3 Å². The van der Waals surface area contributed by atoms with Crippen molar-refractivity contribution in [1.82, 2.24) is 4.57 Å². The van der Waals surface area contributed by atoms with Gasteiger partial charge in [-0.15, -0.1) is 0 Å². The molecule has 0 unspecified atom stereocenters. The van der Waals surface area contributed by atoms with E-state index >= 15 is 0 Å². The first-order valence-corrected chi connectivity index (χ1v) is 7.82. The molecule has 1 heterocycles. The van der Waals surface area contributed by atoms with E-state index in [0.29, 0.717) is 28.9 Å². The van der Waals surface area contributed by atoms with E-state index in [4.69, 9.17) is 4.74 Å². The number of aryl methyl sites for hydroxylation is 1. The Hall–Kier alpha value is -3.28. The number of methoxy groups -OCH3 is 1. The predicted molar refractivity (Wildman–Crippen MR) is 97.5 cm³/mol. The summed E-state index contributed by atoms with van der Waals surface area (Å²) in [5.74, 6) is 0.179. The first kappa shape index (κ1) is 16.6. The van der Waals surface area contributed by atoms with Gasteiger partial charge in [-0.05, 0) is 31.2 Å². The van der Waals surface area contributed by atoms with E-state index in [1.165, 1.54) is 19.4 Å². The van der Waals surface area contributed by atoms with E-state index in [9.17, 15) is 15.0 Å². The molecule has 0 spiro atoms. The molecule has 3 rings (SSSR count). The lowest BCUT2D eigenvalue weighted by atomic mass is 10.1. The molecule has 3 aromatic rings. The fraction of sp³-hybridized carbons (Fsp3) is 0.158. The first-order chi connectivity index (χ1) is 12.1. The molecule has 128 valence electrons. The van der Waals surface area contributed by atoms with Crippen molar-refractivity contribution < 1.29 is 14.9 Å². The number of fused-ring (bicyclic) bond motifs is 1. The molecular weight excluding hydrogens is 320 g/mol. The number of aliphatic imine (C=N–C) groups is 1. The quantitative estimate of drug-likeness (QED) is 0.716. The van der Waals surface area contributed by atoms with Crippen molar-refractivity contribution >= 4 is 22.8 Å². The van der Waals surface area contributed by atoms with Crippen molar-refractivity contribution in [3.63, 3.8) is 0 Å². The normalized spacial score (nSPS) is 11.3. The number of rotatable bonds is 4. The number of ether oxygens (including phenoxy) is 1. The van der Waals surface area contributed by atoms with Crippen LogP contribution in [0.5, 0.6) is 17.2 Å². The molecule has 0 amide bonds. The minimum atomic E-state index is -0.319. The van der Waals surface area contributed by atoms with Crippen molar-refractivity contribution in [2.45, 2.75) is 13.5 Å². The molecule has 2 N–H and O–H groups in total. The fourth-order valence-electron chi connectivity index (χ4n) is 2.74. The predicted octanol–water partition coefficient (Wildman–Crippen LogP) is 3.19. The molecule has 0 fully saturated rings. The van der Waals surface area contributed by atoms with Crippen LogP contribution in [0.4, 0.5) is 5.69 Å².